The van der Waals surface area contributed by atoms with E-state index in [-0.39, 0.29) is 5.91 Å². The minimum Gasteiger partial charge on any atom is -0.361 e. The Morgan fingerprint density at radius 1 is 1.00 bits per heavy atom. The van der Waals surface area contributed by atoms with E-state index in [1.165, 1.54) is 0 Å². The van der Waals surface area contributed by atoms with Gasteiger partial charge in [-0.15, -0.1) is 0 Å². The Bertz CT molecular complexity index is 1190. The van der Waals surface area contributed by atoms with Crippen molar-refractivity contribution in [2.45, 2.75) is 12.5 Å². The molecule has 1 aliphatic heterocycles. The van der Waals surface area contributed by atoms with Crippen LogP contribution in [-0.4, -0.2) is 58.0 Å². The first kappa shape index (κ1) is 18.6. The summed E-state index contributed by atoms with van der Waals surface area (Å²) in [5.74, 6) is 0.934. The number of anilines is 1. The number of rotatable bonds is 4. The van der Waals surface area contributed by atoms with E-state index in [1.807, 2.05) is 53.6 Å². The molecule has 1 amide bonds. The number of nitrogens with zero attached hydrogens (tertiary/aromatic N) is 4. The summed E-state index contributed by atoms with van der Waals surface area (Å²) in [4.78, 5) is 29.1. The average Bonchev–Trinajstić information content (AvgIpc) is 3.21. The van der Waals surface area contributed by atoms with Gasteiger partial charge in [0.1, 0.15) is 12.1 Å². The molecule has 0 unspecified atom stereocenters. The molecule has 152 valence electrons. The van der Waals surface area contributed by atoms with Gasteiger partial charge in [0.15, 0.2) is 0 Å². The number of nitrogens with one attached hydrogen (secondary N) is 1. The number of fused-ring (bicyclic) bond motifs is 2. The molecule has 1 atom stereocenters. The first-order valence-corrected chi connectivity index (χ1v) is 10.2. The van der Waals surface area contributed by atoms with Crippen LogP contribution in [0.4, 0.5) is 5.82 Å². The van der Waals surface area contributed by atoms with Crippen LogP contribution in [0, 0.1) is 0 Å². The summed E-state index contributed by atoms with van der Waals surface area (Å²) in [5, 5.41) is 2.16. The summed E-state index contributed by atoms with van der Waals surface area (Å²) in [6.07, 6.45) is 4.09. The zero-order valence-electron chi connectivity index (χ0n) is 16.7. The minimum absolute atomic E-state index is 0.00692. The van der Waals surface area contributed by atoms with Crippen molar-refractivity contribution in [3.8, 4) is 0 Å². The molecule has 5 rings (SSSR count). The zero-order valence-corrected chi connectivity index (χ0v) is 16.7. The monoisotopic (exact) mass is 400 g/mol. The van der Waals surface area contributed by atoms with Crippen molar-refractivity contribution in [1.29, 1.82) is 0 Å². The lowest BCUT2D eigenvalue weighted by Crippen LogP contribution is -2.53. The number of aromatic amines is 1. The molecule has 0 spiro atoms. The molecule has 0 radical (unpaired) electrons. The highest BCUT2D eigenvalue weighted by Crippen LogP contribution is 2.24. The number of piperazine rings is 1. The van der Waals surface area contributed by atoms with Crippen LogP contribution in [-0.2, 0) is 11.2 Å². The standard InChI is InChI=1S/C23H24N6O/c24-19(13-16-14-25-20-7-3-1-5-17(16)20)23(30)29-11-9-28(10-12-29)22-18-6-2-4-8-21(18)26-15-27-22/h1-8,14-15,19,25H,9-13,24H2/t19-/m1/s1. The molecule has 2 aromatic carbocycles. The van der Waals surface area contributed by atoms with E-state index in [4.69, 9.17) is 5.73 Å². The summed E-state index contributed by atoms with van der Waals surface area (Å²) in [7, 11) is 0. The van der Waals surface area contributed by atoms with Crippen LogP contribution in [0.2, 0.25) is 0 Å². The summed E-state index contributed by atoms with van der Waals surface area (Å²) in [6.45, 7) is 2.73. The topological polar surface area (TPSA) is 91.1 Å². The van der Waals surface area contributed by atoms with Gasteiger partial charge in [-0.25, -0.2) is 9.97 Å². The number of benzene rings is 2. The molecule has 0 saturated carbocycles. The number of amides is 1. The fraction of sp³-hybridized carbons (Fsp3) is 0.261. The van der Waals surface area contributed by atoms with Crippen molar-refractivity contribution in [3.05, 3.63) is 66.6 Å². The summed E-state index contributed by atoms with van der Waals surface area (Å²) in [6, 6.07) is 15.5. The van der Waals surface area contributed by atoms with E-state index >= 15 is 0 Å². The molecule has 0 aliphatic carbocycles. The molecule has 30 heavy (non-hydrogen) atoms. The normalized spacial score (nSPS) is 15.6. The fourth-order valence-electron chi connectivity index (χ4n) is 4.24. The Balaban J connectivity index is 1.25. The van der Waals surface area contributed by atoms with Gasteiger partial charge in [-0.3, -0.25) is 4.79 Å². The molecular weight excluding hydrogens is 376 g/mol. The van der Waals surface area contributed by atoms with Gasteiger partial charge < -0.3 is 20.5 Å². The van der Waals surface area contributed by atoms with E-state index < -0.39 is 6.04 Å². The van der Waals surface area contributed by atoms with Crippen LogP contribution in [0.15, 0.2) is 61.1 Å². The first-order chi connectivity index (χ1) is 14.7. The van der Waals surface area contributed by atoms with Crippen molar-refractivity contribution in [2.75, 3.05) is 31.1 Å². The number of aromatic nitrogens is 3. The van der Waals surface area contributed by atoms with Crippen molar-refractivity contribution in [2.24, 2.45) is 5.73 Å². The Morgan fingerprint density at radius 2 is 1.73 bits per heavy atom. The molecule has 7 heteroatoms. The molecule has 3 N–H and O–H groups in total. The number of hydrogen-bond acceptors (Lipinski definition) is 5. The molecule has 1 aliphatic rings. The molecule has 7 nitrogen and oxygen atoms in total. The van der Waals surface area contributed by atoms with Crippen LogP contribution >= 0.6 is 0 Å². The lowest BCUT2D eigenvalue weighted by atomic mass is 10.0. The second-order valence-corrected chi connectivity index (χ2v) is 7.70. The maximum absolute atomic E-state index is 13.0. The smallest absolute Gasteiger partial charge is 0.239 e. The molecular formula is C23H24N6O. The van der Waals surface area contributed by atoms with Crippen LogP contribution in [0.1, 0.15) is 5.56 Å². The number of carbonyl (C=O) groups is 1. The van der Waals surface area contributed by atoms with E-state index in [2.05, 4.69) is 25.9 Å². The van der Waals surface area contributed by atoms with Crippen LogP contribution in [0.25, 0.3) is 21.8 Å². The third kappa shape index (κ3) is 3.37. The van der Waals surface area contributed by atoms with E-state index in [0.29, 0.717) is 19.5 Å². The predicted molar refractivity (Wildman–Crippen MR) is 118 cm³/mol. The van der Waals surface area contributed by atoms with Gasteiger partial charge in [0.25, 0.3) is 0 Å². The fourth-order valence-corrected chi connectivity index (χ4v) is 4.24. The zero-order chi connectivity index (χ0) is 20.5. The van der Waals surface area contributed by atoms with E-state index in [1.54, 1.807) is 6.33 Å². The third-order valence-corrected chi connectivity index (χ3v) is 5.84. The van der Waals surface area contributed by atoms with Crippen LogP contribution < -0.4 is 10.6 Å². The highest BCUT2D eigenvalue weighted by Gasteiger charge is 2.27. The number of H-pyrrole nitrogens is 1. The first-order valence-electron chi connectivity index (χ1n) is 10.2. The SMILES string of the molecule is N[C@H](Cc1c[nH]c2ccccc12)C(=O)N1CCN(c2ncnc3ccccc23)CC1. The van der Waals surface area contributed by atoms with Crippen molar-refractivity contribution in [3.63, 3.8) is 0 Å². The number of carbonyl (C=O) groups excluding carboxylic acids is 1. The van der Waals surface area contributed by atoms with Gasteiger partial charge in [0.2, 0.25) is 5.91 Å². The van der Waals surface area contributed by atoms with E-state index in [0.717, 1.165) is 46.3 Å². The molecule has 1 saturated heterocycles. The summed E-state index contributed by atoms with van der Waals surface area (Å²) >= 11 is 0. The van der Waals surface area contributed by atoms with Gasteiger partial charge in [0.05, 0.1) is 11.6 Å². The number of nitrogens with two attached hydrogens (primary N) is 1. The second-order valence-electron chi connectivity index (χ2n) is 7.70. The Labute approximate surface area is 174 Å². The minimum atomic E-state index is -0.546. The van der Waals surface area contributed by atoms with Gasteiger partial charge in [-0.2, -0.15) is 0 Å². The summed E-state index contributed by atoms with van der Waals surface area (Å²) < 4.78 is 0. The maximum atomic E-state index is 13.0. The maximum Gasteiger partial charge on any atom is 0.239 e. The highest BCUT2D eigenvalue weighted by molar-refractivity contribution is 5.89. The van der Waals surface area contributed by atoms with Gasteiger partial charge in [0, 0.05) is 48.7 Å². The van der Waals surface area contributed by atoms with Gasteiger partial charge in [-0.1, -0.05) is 30.3 Å². The average molecular weight is 400 g/mol. The Hall–Kier alpha value is -3.45. The predicted octanol–water partition coefficient (Wildman–Crippen LogP) is 2.33. The number of para-hydroxylation sites is 2. The quantitative estimate of drug-likeness (QED) is 0.549. The number of hydrogen-bond donors (Lipinski definition) is 2. The molecule has 3 heterocycles. The van der Waals surface area contributed by atoms with Gasteiger partial charge >= 0.3 is 0 Å². The molecule has 1 fully saturated rings. The second kappa shape index (κ2) is 7.76. The van der Waals surface area contributed by atoms with E-state index in [9.17, 15) is 4.79 Å². The van der Waals surface area contributed by atoms with Crippen LogP contribution in [0.3, 0.4) is 0 Å². The summed E-state index contributed by atoms with van der Waals surface area (Å²) in [5.41, 5.74) is 9.39. The lowest BCUT2D eigenvalue weighted by Gasteiger charge is -2.36. The van der Waals surface area contributed by atoms with Gasteiger partial charge in [-0.05, 0) is 30.2 Å². The Morgan fingerprint density at radius 3 is 2.57 bits per heavy atom. The molecule has 2 aromatic heterocycles. The largest absolute Gasteiger partial charge is 0.361 e. The Kier molecular flexibility index (Phi) is 4.80. The van der Waals surface area contributed by atoms with Crippen molar-refractivity contribution < 1.29 is 4.79 Å². The molecule has 0 bridgehead atoms. The third-order valence-electron chi connectivity index (χ3n) is 5.84. The molecule has 4 aromatic rings. The lowest BCUT2D eigenvalue weighted by molar-refractivity contribution is -0.132. The highest BCUT2D eigenvalue weighted by atomic mass is 16.2. The van der Waals surface area contributed by atoms with Crippen LogP contribution in [0.5, 0.6) is 0 Å². The van der Waals surface area contributed by atoms with Crippen molar-refractivity contribution >= 4 is 33.5 Å². The van der Waals surface area contributed by atoms with Crippen molar-refractivity contribution in [1.82, 2.24) is 19.9 Å².